The summed E-state index contributed by atoms with van der Waals surface area (Å²) in [6.45, 7) is -0.686. The summed E-state index contributed by atoms with van der Waals surface area (Å²) in [5, 5.41) is 4.79. The van der Waals surface area contributed by atoms with Gasteiger partial charge in [0.05, 0.1) is 11.4 Å². The van der Waals surface area contributed by atoms with Crippen LogP contribution in [0, 0.1) is 0 Å². The number of nitrogens with zero attached hydrogens (tertiary/aromatic N) is 2. The molecule has 0 aliphatic rings. The molecular weight excluding hydrogens is 472 g/mol. The Morgan fingerprint density at radius 3 is 2.03 bits per heavy atom. The number of likely N-dealkylation sites (N-methyl/N-ethyl adjacent to an activating group) is 1. The Labute approximate surface area is 202 Å². The largest absolute Gasteiger partial charge is 0.329 e. The van der Waals surface area contributed by atoms with Crippen LogP contribution in [0.2, 0.25) is 0 Å². The summed E-state index contributed by atoms with van der Waals surface area (Å²) >= 11 is 0. The number of nitrogens with one attached hydrogen (secondary N) is 2. The standard InChI is InChI=1S/C24H24N4O6S/c1-27(19-10-4-2-5-11-19)23(30)17-28(20-12-6-3-7-13-20)22(29)16-25-24(31)26-18-9-8-14-21(15-18)35(32,33)34/h2-15H,16-17H2,1H3,(H2,25,26,31)(H,32,33,34). The van der Waals surface area contributed by atoms with E-state index in [4.69, 9.17) is 4.55 Å². The zero-order chi connectivity index (χ0) is 25.4. The van der Waals surface area contributed by atoms with Gasteiger partial charge in [0.2, 0.25) is 11.8 Å². The van der Waals surface area contributed by atoms with E-state index in [1.807, 2.05) is 6.07 Å². The molecular formula is C24H24N4O6S. The van der Waals surface area contributed by atoms with E-state index in [9.17, 15) is 22.8 Å². The van der Waals surface area contributed by atoms with Crippen LogP contribution in [0.3, 0.4) is 0 Å². The maximum Gasteiger partial charge on any atom is 0.319 e. The summed E-state index contributed by atoms with van der Waals surface area (Å²) in [5.41, 5.74) is 1.25. The second-order valence-corrected chi connectivity index (χ2v) is 8.84. The fraction of sp³-hybridized carbons (Fsp3) is 0.125. The summed E-state index contributed by atoms with van der Waals surface area (Å²) in [7, 11) is -2.83. The molecule has 0 unspecified atom stereocenters. The van der Waals surface area contributed by atoms with Gasteiger partial charge in [0, 0.05) is 24.1 Å². The van der Waals surface area contributed by atoms with Gasteiger partial charge in [-0.25, -0.2) is 4.79 Å². The minimum absolute atomic E-state index is 0.102. The number of anilines is 3. The Hall–Kier alpha value is -4.22. The van der Waals surface area contributed by atoms with E-state index < -0.39 is 28.6 Å². The van der Waals surface area contributed by atoms with Crippen molar-refractivity contribution in [3.05, 3.63) is 84.9 Å². The lowest BCUT2D eigenvalue weighted by Gasteiger charge is -2.25. The number of carbonyl (C=O) groups excluding carboxylic acids is 3. The smallest absolute Gasteiger partial charge is 0.319 e. The molecule has 3 aromatic carbocycles. The first kappa shape index (κ1) is 25.4. The quantitative estimate of drug-likeness (QED) is 0.410. The number of para-hydroxylation sites is 2. The molecule has 35 heavy (non-hydrogen) atoms. The highest BCUT2D eigenvalue weighted by molar-refractivity contribution is 7.85. The SMILES string of the molecule is CN(C(=O)CN(C(=O)CNC(=O)Nc1cccc(S(=O)(=O)O)c1)c1ccccc1)c1ccccc1. The highest BCUT2D eigenvalue weighted by Crippen LogP contribution is 2.17. The van der Waals surface area contributed by atoms with Crippen LogP contribution in [0.25, 0.3) is 0 Å². The van der Waals surface area contributed by atoms with E-state index >= 15 is 0 Å². The molecule has 0 aromatic heterocycles. The second kappa shape index (κ2) is 11.3. The van der Waals surface area contributed by atoms with E-state index in [0.29, 0.717) is 11.4 Å². The minimum Gasteiger partial charge on any atom is -0.329 e. The van der Waals surface area contributed by atoms with Crippen molar-refractivity contribution in [2.45, 2.75) is 4.90 Å². The van der Waals surface area contributed by atoms with Gasteiger partial charge >= 0.3 is 6.03 Å². The van der Waals surface area contributed by atoms with Gasteiger partial charge in [0.25, 0.3) is 10.1 Å². The van der Waals surface area contributed by atoms with Crippen LogP contribution < -0.4 is 20.4 Å². The number of rotatable bonds is 8. The van der Waals surface area contributed by atoms with Crippen LogP contribution in [0.4, 0.5) is 21.9 Å². The second-order valence-electron chi connectivity index (χ2n) is 7.41. The first-order chi connectivity index (χ1) is 16.6. The minimum atomic E-state index is -4.44. The Morgan fingerprint density at radius 2 is 1.43 bits per heavy atom. The van der Waals surface area contributed by atoms with Gasteiger partial charge in [-0.1, -0.05) is 42.5 Å². The van der Waals surface area contributed by atoms with Gasteiger partial charge in [-0.2, -0.15) is 8.42 Å². The fourth-order valence-electron chi connectivity index (χ4n) is 3.13. The zero-order valence-corrected chi connectivity index (χ0v) is 19.6. The van der Waals surface area contributed by atoms with Gasteiger partial charge in [0.1, 0.15) is 6.54 Å². The van der Waals surface area contributed by atoms with Gasteiger partial charge < -0.3 is 20.4 Å². The van der Waals surface area contributed by atoms with Crippen LogP contribution in [-0.4, -0.2) is 51.0 Å². The van der Waals surface area contributed by atoms with E-state index in [0.717, 1.165) is 6.07 Å². The summed E-state index contributed by atoms with van der Waals surface area (Å²) in [6, 6.07) is 21.8. The first-order valence-corrected chi connectivity index (χ1v) is 11.9. The van der Waals surface area contributed by atoms with Gasteiger partial charge in [0.15, 0.2) is 0 Å². The van der Waals surface area contributed by atoms with E-state index in [1.165, 1.54) is 28.0 Å². The van der Waals surface area contributed by atoms with E-state index in [2.05, 4.69) is 10.6 Å². The fourth-order valence-corrected chi connectivity index (χ4v) is 3.66. The Balaban J connectivity index is 1.67. The van der Waals surface area contributed by atoms with Crippen molar-refractivity contribution >= 4 is 45.0 Å². The predicted molar refractivity (Wildman–Crippen MR) is 132 cm³/mol. The highest BCUT2D eigenvalue weighted by Gasteiger charge is 2.22. The van der Waals surface area contributed by atoms with Crippen molar-refractivity contribution in [1.82, 2.24) is 5.32 Å². The molecule has 11 heteroatoms. The molecule has 0 saturated carbocycles. The Kier molecular flexibility index (Phi) is 8.18. The number of hydrogen-bond acceptors (Lipinski definition) is 5. The molecule has 0 aliphatic heterocycles. The van der Waals surface area contributed by atoms with Gasteiger partial charge in [-0.15, -0.1) is 0 Å². The average molecular weight is 497 g/mol. The summed E-state index contributed by atoms with van der Waals surface area (Å²) in [4.78, 5) is 40.5. The summed E-state index contributed by atoms with van der Waals surface area (Å²) in [5.74, 6) is -0.868. The molecule has 10 nitrogen and oxygen atoms in total. The maximum absolute atomic E-state index is 13.0. The van der Waals surface area contributed by atoms with Crippen LogP contribution in [0.1, 0.15) is 0 Å². The lowest BCUT2D eigenvalue weighted by Crippen LogP contribution is -2.46. The number of benzene rings is 3. The lowest BCUT2D eigenvalue weighted by molar-refractivity contribution is -0.121. The van der Waals surface area contributed by atoms with Crippen molar-refractivity contribution in [3.8, 4) is 0 Å². The molecule has 0 saturated heterocycles. The normalized spacial score (nSPS) is 10.8. The van der Waals surface area contributed by atoms with E-state index in [1.54, 1.807) is 61.6 Å². The third kappa shape index (κ3) is 7.13. The maximum atomic E-state index is 13.0. The molecule has 4 amide bonds. The van der Waals surface area contributed by atoms with Crippen molar-refractivity contribution in [1.29, 1.82) is 0 Å². The van der Waals surface area contributed by atoms with Crippen LogP contribution in [0.15, 0.2) is 89.8 Å². The highest BCUT2D eigenvalue weighted by atomic mass is 32.2. The Morgan fingerprint density at radius 1 is 0.829 bits per heavy atom. The molecule has 182 valence electrons. The molecule has 0 heterocycles. The summed E-state index contributed by atoms with van der Waals surface area (Å²) < 4.78 is 31.7. The molecule has 0 spiro atoms. The molecule has 3 rings (SSSR count). The van der Waals surface area contributed by atoms with Crippen LogP contribution in [-0.2, 0) is 19.7 Å². The number of urea groups is 1. The molecule has 0 fully saturated rings. The molecule has 3 aromatic rings. The molecule has 0 bridgehead atoms. The topological polar surface area (TPSA) is 136 Å². The van der Waals surface area contributed by atoms with E-state index in [-0.39, 0.29) is 23.0 Å². The molecule has 0 radical (unpaired) electrons. The average Bonchev–Trinajstić information content (AvgIpc) is 2.86. The Bertz CT molecular complexity index is 1300. The third-order valence-electron chi connectivity index (χ3n) is 4.97. The predicted octanol–water partition coefficient (Wildman–Crippen LogP) is 2.75. The van der Waals surface area contributed by atoms with Crippen molar-refractivity contribution in [2.75, 3.05) is 35.3 Å². The molecule has 0 atom stereocenters. The number of amides is 4. The van der Waals surface area contributed by atoms with Crippen molar-refractivity contribution < 1.29 is 27.4 Å². The van der Waals surface area contributed by atoms with Crippen molar-refractivity contribution in [3.63, 3.8) is 0 Å². The lowest BCUT2D eigenvalue weighted by atomic mass is 10.2. The number of hydrogen-bond donors (Lipinski definition) is 3. The number of carbonyl (C=O) groups is 3. The third-order valence-corrected chi connectivity index (χ3v) is 5.82. The molecule has 0 aliphatic carbocycles. The van der Waals surface area contributed by atoms with Crippen LogP contribution >= 0.6 is 0 Å². The molecule has 3 N–H and O–H groups in total. The van der Waals surface area contributed by atoms with Crippen molar-refractivity contribution in [2.24, 2.45) is 0 Å². The monoisotopic (exact) mass is 496 g/mol. The van der Waals surface area contributed by atoms with Gasteiger partial charge in [-0.05, 0) is 42.5 Å². The van der Waals surface area contributed by atoms with Gasteiger partial charge in [-0.3, -0.25) is 14.1 Å². The zero-order valence-electron chi connectivity index (χ0n) is 18.8. The van der Waals surface area contributed by atoms with Crippen LogP contribution in [0.5, 0.6) is 0 Å². The summed E-state index contributed by atoms with van der Waals surface area (Å²) in [6.07, 6.45) is 0. The first-order valence-electron chi connectivity index (χ1n) is 10.4.